The van der Waals surface area contributed by atoms with E-state index in [0.717, 1.165) is 4.68 Å². The maximum atomic E-state index is 12.7. The predicted octanol–water partition coefficient (Wildman–Crippen LogP) is -1.30. The average Bonchev–Trinajstić information content (AvgIpc) is 3.38. The van der Waals surface area contributed by atoms with E-state index in [4.69, 9.17) is 20.6 Å². The molecule has 4 N–H and O–H groups in total. The number of nitrogens with zero attached hydrogens (tertiary/aromatic N) is 4. The van der Waals surface area contributed by atoms with Crippen molar-refractivity contribution in [3.63, 3.8) is 0 Å². The highest BCUT2D eigenvalue weighted by Gasteiger charge is 2.46. The Balaban J connectivity index is 2.03. The summed E-state index contributed by atoms with van der Waals surface area (Å²) >= 11 is 0. The monoisotopic (exact) mass is 376 g/mol. The van der Waals surface area contributed by atoms with E-state index in [1.807, 2.05) is 0 Å². The molecule has 12 heteroatoms. The molecule has 1 aliphatic heterocycles. The van der Waals surface area contributed by atoms with Gasteiger partial charge in [-0.05, 0) is 18.6 Å². The first kappa shape index (κ1) is 18.1. The number of carbonyl (C=O) groups excluding carboxylic acids is 4. The molecule has 0 bridgehead atoms. The Hall–Kier alpha value is -3.70. The number of amides is 3. The number of carbonyl (C=O) groups is 4. The second-order valence-electron chi connectivity index (χ2n) is 5.76. The van der Waals surface area contributed by atoms with Gasteiger partial charge in [-0.25, -0.2) is 9.48 Å². The Labute approximate surface area is 152 Å². The molecule has 2 aromatic rings. The van der Waals surface area contributed by atoms with Crippen molar-refractivity contribution in [3.8, 4) is 0 Å². The molecule has 2 atom stereocenters. The molecule has 3 heterocycles. The van der Waals surface area contributed by atoms with Gasteiger partial charge >= 0.3 is 5.97 Å². The van der Waals surface area contributed by atoms with Crippen LogP contribution in [-0.2, 0) is 9.53 Å². The van der Waals surface area contributed by atoms with Crippen molar-refractivity contribution in [2.75, 3.05) is 13.7 Å². The first-order valence-corrected chi connectivity index (χ1v) is 7.84. The lowest BCUT2D eigenvalue weighted by atomic mass is 10.1. The fourth-order valence-electron chi connectivity index (χ4n) is 3.13. The minimum atomic E-state index is -1.13. The maximum absolute atomic E-state index is 12.7. The van der Waals surface area contributed by atoms with Crippen LogP contribution < -0.4 is 11.5 Å². The predicted molar refractivity (Wildman–Crippen MR) is 86.3 cm³/mol. The summed E-state index contributed by atoms with van der Waals surface area (Å²) in [5.41, 5.74) is 9.77. The molecule has 142 valence electrons. The zero-order valence-electron chi connectivity index (χ0n) is 14.2. The summed E-state index contributed by atoms with van der Waals surface area (Å²) in [6, 6.07) is 1.03. The molecule has 3 amide bonds. The van der Waals surface area contributed by atoms with Gasteiger partial charge in [-0.1, -0.05) is 5.21 Å². The molecule has 27 heavy (non-hydrogen) atoms. The molecule has 0 saturated carbocycles. The number of likely N-dealkylation sites (tertiary alicyclic amines) is 1. The smallest absolute Gasteiger partial charge is 0.330 e. The first-order chi connectivity index (χ1) is 12.9. The molecule has 0 aromatic carbocycles. The van der Waals surface area contributed by atoms with Gasteiger partial charge in [-0.15, -0.1) is 5.10 Å². The number of aromatic nitrogens is 3. The topological polar surface area (TPSA) is 177 Å². The molecule has 2 unspecified atom stereocenters. The van der Waals surface area contributed by atoms with Crippen molar-refractivity contribution >= 4 is 23.7 Å². The van der Waals surface area contributed by atoms with Crippen LogP contribution in [-0.4, -0.2) is 63.3 Å². The Morgan fingerprint density at radius 1 is 1.26 bits per heavy atom. The fourth-order valence-corrected chi connectivity index (χ4v) is 3.13. The lowest BCUT2D eigenvalue weighted by Gasteiger charge is -2.25. The van der Waals surface area contributed by atoms with Crippen molar-refractivity contribution in [3.05, 3.63) is 35.5 Å². The van der Waals surface area contributed by atoms with Crippen molar-refractivity contribution < 1.29 is 28.3 Å². The zero-order chi connectivity index (χ0) is 19.7. The summed E-state index contributed by atoms with van der Waals surface area (Å²) in [4.78, 5) is 49.6. The van der Waals surface area contributed by atoms with E-state index in [9.17, 15) is 19.2 Å². The van der Waals surface area contributed by atoms with E-state index in [1.54, 1.807) is 0 Å². The largest absolute Gasteiger partial charge is 0.467 e. The average molecular weight is 376 g/mol. The van der Waals surface area contributed by atoms with Gasteiger partial charge in [0.05, 0.1) is 19.4 Å². The van der Waals surface area contributed by atoms with E-state index in [-0.39, 0.29) is 24.4 Å². The summed E-state index contributed by atoms with van der Waals surface area (Å²) < 4.78 is 10.9. The van der Waals surface area contributed by atoms with Gasteiger partial charge in [0.1, 0.15) is 0 Å². The van der Waals surface area contributed by atoms with E-state index in [1.165, 1.54) is 30.4 Å². The number of primary amides is 2. The highest BCUT2D eigenvalue weighted by atomic mass is 16.5. The van der Waals surface area contributed by atoms with Gasteiger partial charge in [0, 0.05) is 6.54 Å². The van der Waals surface area contributed by atoms with Crippen LogP contribution in [0.3, 0.4) is 0 Å². The SMILES string of the molecule is COC(=O)C1C(n2nnc(C(N)=O)c2C(N)=O)CCN1C(=O)c1ccco1. The number of hydrogen-bond donors (Lipinski definition) is 2. The van der Waals surface area contributed by atoms with Gasteiger partial charge in [0.25, 0.3) is 17.7 Å². The van der Waals surface area contributed by atoms with E-state index >= 15 is 0 Å². The Kier molecular flexibility index (Phi) is 4.62. The van der Waals surface area contributed by atoms with Gasteiger partial charge in [0.2, 0.25) is 0 Å². The highest BCUT2D eigenvalue weighted by molar-refractivity contribution is 6.03. The van der Waals surface area contributed by atoms with Crippen LogP contribution in [0.1, 0.15) is 44.0 Å². The van der Waals surface area contributed by atoms with Crippen LogP contribution in [0.5, 0.6) is 0 Å². The van der Waals surface area contributed by atoms with E-state index in [2.05, 4.69) is 10.3 Å². The molecule has 12 nitrogen and oxygen atoms in total. The third-order valence-electron chi connectivity index (χ3n) is 4.28. The van der Waals surface area contributed by atoms with Crippen molar-refractivity contribution in [1.29, 1.82) is 0 Å². The number of ether oxygens (including phenoxy) is 1. The Bertz CT molecular complexity index is 904. The third-order valence-corrected chi connectivity index (χ3v) is 4.28. The number of methoxy groups -OCH3 is 1. The lowest BCUT2D eigenvalue weighted by Crippen LogP contribution is -2.45. The van der Waals surface area contributed by atoms with Gasteiger partial charge in [-0.3, -0.25) is 14.4 Å². The van der Waals surface area contributed by atoms with Crippen molar-refractivity contribution in [2.24, 2.45) is 11.5 Å². The number of rotatable bonds is 5. The van der Waals surface area contributed by atoms with Gasteiger partial charge in [-0.2, -0.15) is 0 Å². The molecule has 3 rings (SSSR count). The van der Waals surface area contributed by atoms with Crippen molar-refractivity contribution in [1.82, 2.24) is 19.9 Å². The Morgan fingerprint density at radius 3 is 2.56 bits per heavy atom. The molecule has 0 spiro atoms. The van der Waals surface area contributed by atoms with Gasteiger partial charge in [0.15, 0.2) is 23.2 Å². The second kappa shape index (κ2) is 6.90. The molecule has 1 aliphatic rings. The van der Waals surface area contributed by atoms with Crippen LogP contribution >= 0.6 is 0 Å². The molecule has 0 aliphatic carbocycles. The summed E-state index contributed by atoms with van der Waals surface area (Å²) in [5.74, 6) is -3.21. The van der Waals surface area contributed by atoms with E-state index in [0.29, 0.717) is 0 Å². The highest BCUT2D eigenvalue weighted by Crippen LogP contribution is 2.32. The summed E-state index contributed by atoms with van der Waals surface area (Å²) in [5, 5.41) is 7.34. The van der Waals surface area contributed by atoms with Gasteiger partial charge < -0.3 is 25.5 Å². The summed E-state index contributed by atoms with van der Waals surface area (Å²) in [6.07, 6.45) is 1.56. The standard InChI is InChI=1S/C15H16N6O6/c1-26-15(25)10-7(4-5-20(10)14(24)8-3-2-6-27-8)21-11(13(17)23)9(12(16)22)18-19-21/h2-3,6-7,10H,4-5H2,1H3,(H2,16,22)(H2,17,23). The fraction of sp³-hybridized carbons (Fsp3) is 0.333. The number of furan rings is 1. The molecule has 2 aromatic heterocycles. The summed E-state index contributed by atoms with van der Waals surface area (Å²) in [7, 11) is 1.17. The van der Waals surface area contributed by atoms with Crippen LogP contribution in [0.2, 0.25) is 0 Å². The number of nitrogens with two attached hydrogens (primary N) is 2. The molecular weight excluding hydrogens is 360 g/mol. The van der Waals surface area contributed by atoms with Crippen LogP contribution in [0, 0.1) is 0 Å². The van der Waals surface area contributed by atoms with Crippen LogP contribution in [0.15, 0.2) is 22.8 Å². The number of esters is 1. The van der Waals surface area contributed by atoms with Crippen LogP contribution in [0.25, 0.3) is 0 Å². The van der Waals surface area contributed by atoms with Crippen molar-refractivity contribution in [2.45, 2.75) is 18.5 Å². The zero-order valence-corrected chi connectivity index (χ0v) is 14.2. The van der Waals surface area contributed by atoms with E-state index < -0.39 is 41.5 Å². The van der Waals surface area contributed by atoms with Crippen LogP contribution in [0.4, 0.5) is 0 Å². The molecular formula is C15H16N6O6. The number of hydrogen-bond acceptors (Lipinski definition) is 8. The lowest BCUT2D eigenvalue weighted by molar-refractivity contribution is -0.146. The molecule has 1 fully saturated rings. The maximum Gasteiger partial charge on any atom is 0.330 e. The third kappa shape index (κ3) is 3.01. The molecule has 0 radical (unpaired) electrons. The first-order valence-electron chi connectivity index (χ1n) is 7.84. The second-order valence-corrected chi connectivity index (χ2v) is 5.76. The minimum absolute atomic E-state index is 0.0380. The minimum Gasteiger partial charge on any atom is -0.467 e. The quantitative estimate of drug-likeness (QED) is 0.605. The Morgan fingerprint density at radius 2 is 2.00 bits per heavy atom. The normalized spacial score (nSPS) is 19.1. The molecule has 1 saturated heterocycles. The summed E-state index contributed by atoms with van der Waals surface area (Å²) in [6.45, 7) is 0.147.